The first-order valence-electron chi connectivity index (χ1n) is 9.76. The number of urea groups is 1. The molecule has 1 spiro atoms. The van der Waals surface area contributed by atoms with Crippen molar-refractivity contribution in [3.8, 4) is 0 Å². The molecule has 4 N–H and O–H groups in total. The molecule has 4 amide bonds. The number of carbonyl (C=O) groups is 3. The average Bonchev–Trinajstić information content (AvgIpc) is 2.73. The molecule has 0 bridgehead atoms. The van der Waals surface area contributed by atoms with Gasteiger partial charge >= 0.3 is 6.03 Å². The Kier molecular flexibility index (Phi) is 6.32. The van der Waals surface area contributed by atoms with E-state index >= 15 is 0 Å². The van der Waals surface area contributed by atoms with E-state index in [0.717, 1.165) is 30.6 Å². The second-order valence-corrected chi connectivity index (χ2v) is 8.90. The van der Waals surface area contributed by atoms with Gasteiger partial charge in [-0.3, -0.25) is 14.5 Å². The molecule has 26 heavy (non-hydrogen) atoms. The molecular weight excluding hydrogens is 332 g/mol. The molecule has 3 atom stereocenters. The third-order valence-corrected chi connectivity index (χ3v) is 5.48. The number of carbonyl (C=O) groups excluding carboxylic acids is 3. The van der Waals surface area contributed by atoms with Gasteiger partial charge in [-0.05, 0) is 37.0 Å². The standard InChI is InChI=1S/C19H34N4O3/c1-5-6-7-14(10-20)21-15(24)11-23-16(25)19(22-17(23)26)9-13(2)8-18(3,4)12-19/h13-14H,5-12,20H2,1-4H3,(H,21,24)(H,22,26). The topological polar surface area (TPSA) is 105 Å². The Labute approximate surface area is 156 Å². The summed E-state index contributed by atoms with van der Waals surface area (Å²) in [5, 5.41) is 5.74. The third-order valence-electron chi connectivity index (χ3n) is 5.48. The van der Waals surface area contributed by atoms with Gasteiger partial charge in [0.15, 0.2) is 0 Å². The van der Waals surface area contributed by atoms with Crippen LogP contribution in [-0.4, -0.2) is 47.4 Å². The van der Waals surface area contributed by atoms with E-state index < -0.39 is 11.6 Å². The molecule has 7 nitrogen and oxygen atoms in total. The zero-order valence-corrected chi connectivity index (χ0v) is 16.6. The number of nitrogens with zero attached hydrogens (tertiary/aromatic N) is 1. The summed E-state index contributed by atoms with van der Waals surface area (Å²) < 4.78 is 0. The lowest BCUT2D eigenvalue weighted by atomic mass is 9.64. The molecule has 2 rings (SSSR count). The summed E-state index contributed by atoms with van der Waals surface area (Å²) in [6.07, 6.45) is 5.05. The van der Waals surface area contributed by atoms with E-state index in [2.05, 4.69) is 38.3 Å². The summed E-state index contributed by atoms with van der Waals surface area (Å²) in [5.41, 5.74) is 4.82. The minimum atomic E-state index is -0.867. The Hall–Kier alpha value is -1.63. The SMILES string of the molecule is CCCCC(CN)NC(=O)CN1C(=O)NC2(CC(C)CC(C)(C)C2)C1=O. The number of nitrogens with two attached hydrogens (primary N) is 1. The van der Waals surface area contributed by atoms with Crippen molar-refractivity contribution in [2.24, 2.45) is 17.1 Å². The van der Waals surface area contributed by atoms with Crippen LogP contribution >= 0.6 is 0 Å². The number of hydrogen-bond donors (Lipinski definition) is 3. The van der Waals surface area contributed by atoms with E-state index in [4.69, 9.17) is 5.73 Å². The fourth-order valence-corrected chi connectivity index (χ4v) is 4.77. The molecule has 0 aromatic carbocycles. The van der Waals surface area contributed by atoms with Crippen LogP contribution in [-0.2, 0) is 9.59 Å². The number of amides is 4. The minimum absolute atomic E-state index is 0.0241. The highest BCUT2D eigenvalue weighted by Gasteiger charge is 2.56. The van der Waals surface area contributed by atoms with E-state index in [9.17, 15) is 14.4 Å². The van der Waals surface area contributed by atoms with E-state index in [1.54, 1.807) is 0 Å². The largest absolute Gasteiger partial charge is 0.351 e. The zero-order valence-electron chi connectivity index (χ0n) is 16.6. The van der Waals surface area contributed by atoms with E-state index in [1.165, 1.54) is 0 Å². The Balaban J connectivity index is 2.03. The van der Waals surface area contributed by atoms with Crippen LogP contribution in [0.5, 0.6) is 0 Å². The van der Waals surface area contributed by atoms with Crippen molar-refractivity contribution in [3.63, 3.8) is 0 Å². The summed E-state index contributed by atoms with van der Waals surface area (Å²) >= 11 is 0. The molecule has 3 unspecified atom stereocenters. The molecule has 148 valence electrons. The van der Waals surface area contributed by atoms with Gasteiger partial charge in [0, 0.05) is 12.6 Å². The molecule has 1 aliphatic heterocycles. The maximum Gasteiger partial charge on any atom is 0.325 e. The van der Waals surface area contributed by atoms with Gasteiger partial charge in [-0.1, -0.05) is 40.5 Å². The van der Waals surface area contributed by atoms with Crippen LogP contribution in [0.3, 0.4) is 0 Å². The van der Waals surface area contributed by atoms with Crippen LogP contribution in [0.2, 0.25) is 0 Å². The fraction of sp³-hybridized carbons (Fsp3) is 0.842. The Morgan fingerprint density at radius 3 is 2.65 bits per heavy atom. The third kappa shape index (κ3) is 4.55. The number of imide groups is 1. The van der Waals surface area contributed by atoms with Gasteiger partial charge in [0.1, 0.15) is 12.1 Å². The van der Waals surface area contributed by atoms with Crippen LogP contribution in [0.25, 0.3) is 0 Å². The summed E-state index contributed by atoms with van der Waals surface area (Å²) in [5.74, 6) is -0.261. The predicted molar refractivity (Wildman–Crippen MR) is 100 cm³/mol. The van der Waals surface area contributed by atoms with Crippen molar-refractivity contribution >= 4 is 17.8 Å². The van der Waals surface area contributed by atoms with Crippen LogP contribution in [0.1, 0.15) is 66.2 Å². The van der Waals surface area contributed by atoms with Gasteiger partial charge in [-0.2, -0.15) is 0 Å². The summed E-state index contributed by atoms with van der Waals surface area (Å²) in [4.78, 5) is 38.9. The summed E-state index contributed by atoms with van der Waals surface area (Å²) in [6.45, 7) is 8.54. The smallest absolute Gasteiger partial charge is 0.325 e. The van der Waals surface area contributed by atoms with Gasteiger partial charge in [0.2, 0.25) is 5.91 Å². The average molecular weight is 367 g/mol. The van der Waals surface area contributed by atoms with Gasteiger partial charge in [0.05, 0.1) is 0 Å². The molecule has 0 radical (unpaired) electrons. The highest BCUT2D eigenvalue weighted by molar-refractivity contribution is 6.09. The van der Waals surface area contributed by atoms with Crippen molar-refractivity contribution in [1.29, 1.82) is 0 Å². The number of unbranched alkanes of at least 4 members (excludes halogenated alkanes) is 1. The van der Waals surface area contributed by atoms with Crippen LogP contribution in [0.15, 0.2) is 0 Å². The second kappa shape index (κ2) is 7.94. The normalized spacial score (nSPS) is 29.0. The molecule has 1 heterocycles. The maximum atomic E-state index is 13.0. The summed E-state index contributed by atoms with van der Waals surface area (Å²) in [7, 11) is 0. The second-order valence-electron chi connectivity index (χ2n) is 8.90. The van der Waals surface area contributed by atoms with Gasteiger partial charge < -0.3 is 16.4 Å². The highest BCUT2D eigenvalue weighted by Crippen LogP contribution is 2.46. The number of rotatable bonds is 7. The first kappa shape index (κ1) is 20.7. The lowest BCUT2D eigenvalue weighted by molar-refractivity contribution is -0.137. The lowest BCUT2D eigenvalue weighted by Crippen LogP contribution is -2.54. The molecule has 1 saturated heterocycles. The molecule has 2 aliphatic rings. The van der Waals surface area contributed by atoms with Crippen LogP contribution in [0, 0.1) is 11.3 Å². The van der Waals surface area contributed by atoms with E-state index in [1.807, 2.05) is 0 Å². The molecule has 0 aromatic rings. The number of nitrogens with one attached hydrogen (secondary N) is 2. The van der Waals surface area contributed by atoms with Crippen molar-refractivity contribution in [3.05, 3.63) is 0 Å². The first-order chi connectivity index (χ1) is 12.1. The maximum absolute atomic E-state index is 13.0. The van der Waals surface area contributed by atoms with Gasteiger partial charge in [0.25, 0.3) is 5.91 Å². The Bertz CT molecular complexity index is 563. The molecule has 0 aromatic heterocycles. The van der Waals surface area contributed by atoms with Crippen LogP contribution in [0.4, 0.5) is 4.79 Å². The van der Waals surface area contributed by atoms with Crippen molar-refractivity contribution in [2.45, 2.75) is 77.8 Å². The Morgan fingerprint density at radius 1 is 1.38 bits per heavy atom. The fourth-order valence-electron chi connectivity index (χ4n) is 4.77. The highest BCUT2D eigenvalue weighted by atomic mass is 16.2. The summed E-state index contributed by atoms with van der Waals surface area (Å²) in [6, 6.07) is -0.585. The molecule has 2 fully saturated rings. The van der Waals surface area contributed by atoms with Crippen molar-refractivity contribution in [1.82, 2.24) is 15.5 Å². The quantitative estimate of drug-likeness (QED) is 0.597. The van der Waals surface area contributed by atoms with Gasteiger partial charge in [-0.25, -0.2) is 4.79 Å². The molecular formula is C19H34N4O3. The lowest BCUT2D eigenvalue weighted by Gasteiger charge is -2.43. The Morgan fingerprint density at radius 2 is 2.08 bits per heavy atom. The van der Waals surface area contributed by atoms with Crippen molar-refractivity contribution < 1.29 is 14.4 Å². The van der Waals surface area contributed by atoms with E-state index in [-0.39, 0.29) is 29.8 Å². The zero-order chi connectivity index (χ0) is 19.5. The first-order valence-corrected chi connectivity index (χ1v) is 9.76. The molecule has 1 aliphatic carbocycles. The molecule has 1 saturated carbocycles. The monoisotopic (exact) mass is 366 g/mol. The number of hydrogen-bond acceptors (Lipinski definition) is 4. The van der Waals surface area contributed by atoms with Crippen molar-refractivity contribution in [2.75, 3.05) is 13.1 Å². The van der Waals surface area contributed by atoms with Gasteiger partial charge in [-0.15, -0.1) is 0 Å². The minimum Gasteiger partial charge on any atom is -0.351 e. The van der Waals surface area contributed by atoms with E-state index in [0.29, 0.717) is 25.3 Å². The predicted octanol–water partition coefficient (Wildman–Crippen LogP) is 1.76. The molecule has 7 heteroatoms. The van der Waals surface area contributed by atoms with Crippen LogP contribution < -0.4 is 16.4 Å².